The fourth-order valence-corrected chi connectivity index (χ4v) is 2.37. The predicted octanol–water partition coefficient (Wildman–Crippen LogP) is 2.76. The van der Waals surface area contributed by atoms with Crippen molar-refractivity contribution in [2.24, 2.45) is 0 Å². The van der Waals surface area contributed by atoms with Gasteiger partial charge in [0.1, 0.15) is 0 Å². The number of amides is 1. The molecule has 1 N–H and O–H groups in total. The summed E-state index contributed by atoms with van der Waals surface area (Å²) >= 11 is 6.02. The van der Waals surface area contributed by atoms with E-state index in [-0.39, 0.29) is 11.9 Å². The highest BCUT2D eigenvalue weighted by Crippen LogP contribution is 2.22. The van der Waals surface area contributed by atoms with E-state index < -0.39 is 0 Å². The Balaban J connectivity index is 2.03. The predicted molar refractivity (Wildman–Crippen MR) is 70.4 cm³/mol. The average molecular weight is 253 g/mol. The number of halogens is 1. The normalized spacial score (nSPS) is 21.2. The second kappa shape index (κ2) is 5.52. The second-order valence-electron chi connectivity index (χ2n) is 4.46. The van der Waals surface area contributed by atoms with E-state index in [0.717, 1.165) is 19.4 Å². The zero-order valence-electron chi connectivity index (χ0n) is 9.95. The van der Waals surface area contributed by atoms with Gasteiger partial charge in [-0.2, -0.15) is 0 Å². The van der Waals surface area contributed by atoms with E-state index in [1.807, 2.05) is 25.2 Å². The molecule has 1 amide bonds. The van der Waals surface area contributed by atoms with Gasteiger partial charge in [-0.3, -0.25) is 9.69 Å². The van der Waals surface area contributed by atoms with Crippen molar-refractivity contribution in [1.82, 2.24) is 4.90 Å². The summed E-state index contributed by atoms with van der Waals surface area (Å²) in [6.45, 7) is 0.987. The third kappa shape index (κ3) is 2.99. The fraction of sp³-hybridized carbons (Fsp3) is 0.462. The van der Waals surface area contributed by atoms with E-state index in [2.05, 4.69) is 10.2 Å². The van der Waals surface area contributed by atoms with Crippen LogP contribution in [0.5, 0.6) is 0 Å². The summed E-state index contributed by atoms with van der Waals surface area (Å²) in [5.41, 5.74) is 0.693. The van der Waals surface area contributed by atoms with Crippen LogP contribution in [-0.4, -0.2) is 30.4 Å². The standard InChI is InChI=1S/C13H17ClN2O/c1-16-9-5-4-8-12(16)13(17)15-11-7-3-2-6-10(11)14/h2-3,6-7,12H,4-5,8-9H2,1H3,(H,15,17). The minimum absolute atomic E-state index is 0.0278. The Morgan fingerprint density at radius 1 is 1.41 bits per heavy atom. The van der Waals surface area contributed by atoms with E-state index in [4.69, 9.17) is 11.6 Å². The van der Waals surface area contributed by atoms with Crippen LogP contribution >= 0.6 is 11.6 Å². The molecule has 1 aliphatic rings. The number of anilines is 1. The van der Waals surface area contributed by atoms with Crippen molar-refractivity contribution >= 4 is 23.2 Å². The minimum Gasteiger partial charge on any atom is -0.323 e. The van der Waals surface area contributed by atoms with Gasteiger partial charge >= 0.3 is 0 Å². The van der Waals surface area contributed by atoms with Crippen molar-refractivity contribution in [1.29, 1.82) is 0 Å². The highest BCUT2D eigenvalue weighted by atomic mass is 35.5. The molecule has 1 heterocycles. The van der Waals surface area contributed by atoms with Crippen LogP contribution in [0.25, 0.3) is 0 Å². The molecule has 0 spiro atoms. The molecule has 0 bridgehead atoms. The van der Waals surface area contributed by atoms with E-state index in [0.29, 0.717) is 10.7 Å². The molecule has 1 aromatic rings. The number of nitrogens with zero attached hydrogens (tertiary/aromatic N) is 1. The summed E-state index contributed by atoms with van der Waals surface area (Å²) in [5, 5.41) is 3.48. The van der Waals surface area contributed by atoms with Crippen LogP contribution in [0.2, 0.25) is 5.02 Å². The SMILES string of the molecule is CN1CCCCC1C(=O)Nc1ccccc1Cl. The van der Waals surface area contributed by atoms with Gasteiger partial charge in [0.25, 0.3) is 0 Å². The molecule has 0 radical (unpaired) electrons. The molecule has 3 nitrogen and oxygen atoms in total. The molecule has 92 valence electrons. The fourth-order valence-electron chi connectivity index (χ4n) is 2.18. The molecule has 1 fully saturated rings. The van der Waals surface area contributed by atoms with E-state index in [1.165, 1.54) is 6.42 Å². The molecule has 0 aliphatic carbocycles. The Bertz CT molecular complexity index is 408. The van der Waals surface area contributed by atoms with Crippen molar-refractivity contribution in [3.05, 3.63) is 29.3 Å². The number of benzene rings is 1. The number of rotatable bonds is 2. The van der Waals surface area contributed by atoms with Gasteiger partial charge in [0, 0.05) is 0 Å². The Hall–Kier alpha value is -1.06. The molecule has 0 aromatic heterocycles. The molecule has 1 aromatic carbocycles. The van der Waals surface area contributed by atoms with Crippen LogP contribution < -0.4 is 5.32 Å². The van der Waals surface area contributed by atoms with Crippen molar-refractivity contribution in [2.45, 2.75) is 25.3 Å². The molecule has 17 heavy (non-hydrogen) atoms. The zero-order valence-corrected chi connectivity index (χ0v) is 10.7. The maximum absolute atomic E-state index is 12.1. The Kier molecular flexibility index (Phi) is 4.02. The van der Waals surface area contributed by atoms with Crippen LogP contribution in [-0.2, 0) is 4.79 Å². The van der Waals surface area contributed by atoms with Crippen molar-refractivity contribution in [2.75, 3.05) is 18.9 Å². The van der Waals surface area contributed by atoms with Crippen LogP contribution in [0.1, 0.15) is 19.3 Å². The van der Waals surface area contributed by atoms with Crippen molar-refractivity contribution in [3.8, 4) is 0 Å². The van der Waals surface area contributed by atoms with Crippen LogP contribution in [0.3, 0.4) is 0 Å². The van der Waals surface area contributed by atoms with E-state index >= 15 is 0 Å². The minimum atomic E-state index is -0.0278. The smallest absolute Gasteiger partial charge is 0.241 e. The summed E-state index contributed by atoms with van der Waals surface area (Å²) in [4.78, 5) is 14.2. The summed E-state index contributed by atoms with van der Waals surface area (Å²) in [5.74, 6) is 0.0419. The van der Waals surface area contributed by atoms with Gasteiger partial charge in [0.15, 0.2) is 0 Å². The number of likely N-dealkylation sites (tertiary alicyclic amines) is 1. The Labute approximate surface area is 107 Å². The van der Waals surface area contributed by atoms with Crippen molar-refractivity contribution < 1.29 is 4.79 Å². The number of carbonyl (C=O) groups excluding carboxylic acids is 1. The molecular formula is C13H17ClN2O. The first-order valence-electron chi connectivity index (χ1n) is 5.94. The highest BCUT2D eigenvalue weighted by Gasteiger charge is 2.25. The quantitative estimate of drug-likeness (QED) is 0.878. The molecule has 4 heteroatoms. The molecule has 1 unspecified atom stereocenters. The van der Waals surface area contributed by atoms with E-state index in [1.54, 1.807) is 6.07 Å². The summed E-state index contributed by atoms with van der Waals surface area (Å²) in [7, 11) is 2.00. The maximum Gasteiger partial charge on any atom is 0.241 e. The highest BCUT2D eigenvalue weighted by molar-refractivity contribution is 6.33. The molecule has 1 saturated heterocycles. The van der Waals surface area contributed by atoms with Crippen LogP contribution in [0.4, 0.5) is 5.69 Å². The summed E-state index contributed by atoms with van der Waals surface area (Å²) < 4.78 is 0. The lowest BCUT2D eigenvalue weighted by Gasteiger charge is -2.31. The topological polar surface area (TPSA) is 32.3 Å². The van der Waals surface area contributed by atoms with E-state index in [9.17, 15) is 4.79 Å². The molecule has 1 aliphatic heterocycles. The monoisotopic (exact) mass is 252 g/mol. The average Bonchev–Trinajstić information content (AvgIpc) is 2.32. The number of nitrogens with one attached hydrogen (secondary N) is 1. The third-order valence-electron chi connectivity index (χ3n) is 3.20. The Morgan fingerprint density at radius 2 is 2.18 bits per heavy atom. The first-order chi connectivity index (χ1) is 8.18. The number of para-hydroxylation sites is 1. The zero-order chi connectivity index (χ0) is 12.3. The second-order valence-corrected chi connectivity index (χ2v) is 4.87. The van der Waals surface area contributed by atoms with Crippen LogP contribution in [0.15, 0.2) is 24.3 Å². The third-order valence-corrected chi connectivity index (χ3v) is 3.53. The summed E-state index contributed by atoms with van der Waals surface area (Å²) in [6, 6.07) is 7.29. The van der Waals surface area contributed by atoms with Gasteiger partial charge in [-0.15, -0.1) is 0 Å². The lowest BCUT2D eigenvalue weighted by molar-refractivity contribution is -0.121. The van der Waals surface area contributed by atoms with Crippen LogP contribution in [0, 0.1) is 0 Å². The lowest BCUT2D eigenvalue weighted by Crippen LogP contribution is -2.44. The van der Waals surface area contributed by atoms with Crippen molar-refractivity contribution in [3.63, 3.8) is 0 Å². The van der Waals surface area contributed by atoms with Gasteiger partial charge in [0.2, 0.25) is 5.91 Å². The first kappa shape index (κ1) is 12.4. The summed E-state index contributed by atoms with van der Waals surface area (Å²) in [6.07, 6.45) is 3.21. The molecular weight excluding hydrogens is 236 g/mol. The number of likely N-dealkylation sites (N-methyl/N-ethyl adjacent to an activating group) is 1. The van der Waals surface area contributed by atoms with Gasteiger partial charge in [-0.05, 0) is 38.6 Å². The Morgan fingerprint density at radius 3 is 2.88 bits per heavy atom. The van der Waals surface area contributed by atoms with Gasteiger partial charge in [0.05, 0.1) is 16.8 Å². The number of piperidine rings is 1. The molecule has 2 rings (SSSR count). The van der Waals surface area contributed by atoms with Gasteiger partial charge in [-0.1, -0.05) is 30.2 Å². The van der Waals surface area contributed by atoms with Gasteiger partial charge < -0.3 is 5.32 Å². The van der Waals surface area contributed by atoms with Gasteiger partial charge in [-0.25, -0.2) is 0 Å². The largest absolute Gasteiger partial charge is 0.323 e. The lowest BCUT2D eigenvalue weighted by atomic mass is 10.0. The number of hydrogen-bond acceptors (Lipinski definition) is 2. The molecule has 1 atom stereocenters. The number of carbonyl (C=O) groups is 1. The first-order valence-corrected chi connectivity index (χ1v) is 6.32. The maximum atomic E-state index is 12.1. The molecule has 0 saturated carbocycles. The number of hydrogen-bond donors (Lipinski definition) is 1.